The summed E-state index contributed by atoms with van der Waals surface area (Å²) in [5.41, 5.74) is 6.66. The molecule has 2 aliphatic heterocycles. The maximum absolute atomic E-state index is 11.7. The van der Waals surface area contributed by atoms with Crippen molar-refractivity contribution in [2.45, 2.75) is 57.2 Å². The van der Waals surface area contributed by atoms with Gasteiger partial charge in [0.05, 0.1) is 51.4 Å². The Bertz CT molecular complexity index is 2480. The fourth-order valence-electron chi connectivity index (χ4n) is 7.54. The number of nitrogens with one attached hydrogen (secondary N) is 2. The van der Waals surface area contributed by atoms with Crippen molar-refractivity contribution in [2.24, 2.45) is 0 Å². The number of pyridine rings is 1. The number of nitrogens with zero attached hydrogens (tertiary/aromatic N) is 4. The van der Waals surface area contributed by atoms with E-state index in [1.165, 1.54) is 11.6 Å². The van der Waals surface area contributed by atoms with Crippen molar-refractivity contribution >= 4 is 46.7 Å². The summed E-state index contributed by atoms with van der Waals surface area (Å²) in [6, 6.07) is 30.1. The molecular weight excluding hydrogens is 827 g/mol. The van der Waals surface area contributed by atoms with E-state index in [4.69, 9.17) is 49.4 Å². The first-order valence-electron chi connectivity index (χ1n) is 19.1. The van der Waals surface area contributed by atoms with E-state index in [-0.39, 0.29) is 54.5 Å². The minimum atomic E-state index is -1.13. The lowest BCUT2D eigenvalue weighted by atomic mass is 9.88. The zero-order chi connectivity index (χ0) is 42.4. The molecule has 1 aromatic heterocycles. The maximum atomic E-state index is 11.7. The number of carboxylic acids is 1. The first-order chi connectivity index (χ1) is 28.9. The van der Waals surface area contributed by atoms with Crippen molar-refractivity contribution in [1.29, 1.82) is 10.5 Å². The summed E-state index contributed by atoms with van der Waals surface area (Å²) in [4.78, 5) is 29.6. The molecule has 4 aromatic carbocycles. The molecule has 1 amide bonds. The summed E-state index contributed by atoms with van der Waals surface area (Å²) >= 11 is 20.8. The molecule has 5 aromatic rings. The second-order valence-electron chi connectivity index (χ2n) is 15.0. The molecule has 0 aliphatic carbocycles. The number of ether oxygens (including phenoxy) is 2. The molecular formula is C45H39Cl3N6O6. The average Bonchev–Trinajstić information content (AvgIpc) is 3.62. The van der Waals surface area contributed by atoms with E-state index in [2.05, 4.69) is 44.8 Å². The number of nitriles is 2. The van der Waals surface area contributed by atoms with Crippen LogP contribution in [0.25, 0.3) is 22.3 Å². The number of halogens is 3. The minimum Gasteiger partial charge on any atom is -0.481 e. The van der Waals surface area contributed by atoms with Gasteiger partial charge < -0.3 is 30.3 Å². The Morgan fingerprint density at radius 2 is 1.53 bits per heavy atom. The SMILES string of the molecule is N#Cc1cc(C#N)cc(COc2nc(OCc3cccc(-c4cccc(-c5ccc(CN6CC7(CCC(=O)N7)C6)cc5)c4Cl)c3Cl)c(Cl)cc2CNC[C@@H](O)CC(=O)O)c1. The molecule has 2 saturated heterocycles. The Labute approximate surface area is 361 Å². The number of rotatable bonds is 16. The first-order valence-corrected chi connectivity index (χ1v) is 20.2. The van der Waals surface area contributed by atoms with Gasteiger partial charge in [0.15, 0.2) is 0 Å². The van der Waals surface area contributed by atoms with E-state index in [9.17, 15) is 25.2 Å². The minimum absolute atomic E-state index is 0.0170. The molecule has 2 fully saturated rings. The lowest BCUT2D eigenvalue weighted by Gasteiger charge is -2.48. The normalized spacial score (nSPS) is 14.8. The number of carboxylic acid groups (broad SMARTS) is 1. The molecule has 0 saturated carbocycles. The number of carbonyl (C=O) groups excluding carboxylic acids is 1. The molecule has 7 rings (SSSR count). The molecule has 1 spiro atoms. The van der Waals surface area contributed by atoms with Crippen LogP contribution < -0.4 is 20.1 Å². The highest BCUT2D eigenvalue weighted by molar-refractivity contribution is 6.38. The van der Waals surface area contributed by atoms with Crippen LogP contribution in [0.2, 0.25) is 15.1 Å². The third-order valence-electron chi connectivity index (χ3n) is 10.4. The van der Waals surface area contributed by atoms with Gasteiger partial charge in [0.1, 0.15) is 18.2 Å². The molecule has 2 aliphatic rings. The number of aliphatic hydroxyl groups is 1. The van der Waals surface area contributed by atoms with Crippen LogP contribution in [0, 0.1) is 22.7 Å². The van der Waals surface area contributed by atoms with Gasteiger partial charge in [-0.2, -0.15) is 15.5 Å². The van der Waals surface area contributed by atoms with Crippen molar-refractivity contribution in [2.75, 3.05) is 19.6 Å². The van der Waals surface area contributed by atoms with E-state index in [1.54, 1.807) is 18.2 Å². The number of carbonyl (C=O) groups is 2. The number of hydrogen-bond acceptors (Lipinski definition) is 10. The number of amides is 1. The van der Waals surface area contributed by atoms with Crippen LogP contribution in [0.4, 0.5) is 0 Å². The zero-order valence-electron chi connectivity index (χ0n) is 32.2. The molecule has 0 unspecified atom stereocenters. The van der Waals surface area contributed by atoms with Crippen LogP contribution >= 0.6 is 34.8 Å². The number of likely N-dealkylation sites (tertiary alicyclic amines) is 1. The molecule has 15 heteroatoms. The van der Waals surface area contributed by atoms with E-state index >= 15 is 0 Å². The van der Waals surface area contributed by atoms with Crippen LogP contribution in [0.1, 0.15) is 52.6 Å². The third-order valence-corrected chi connectivity index (χ3v) is 11.5. The molecule has 1 atom stereocenters. The third kappa shape index (κ3) is 10.0. The van der Waals surface area contributed by atoms with Gasteiger partial charge >= 0.3 is 5.97 Å². The van der Waals surface area contributed by atoms with Crippen molar-refractivity contribution in [3.63, 3.8) is 0 Å². The molecule has 12 nitrogen and oxygen atoms in total. The molecule has 0 radical (unpaired) electrons. The Morgan fingerprint density at radius 3 is 2.20 bits per heavy atom. The molecule has 3 heterocycles. The highest BCUT2D eigenvalue weighted by atomic mass is 35.5. The summed E-state index contributed by atoms with van der Waals surface area (Å²) in [7, 11) is 0. The van der Waals surface area contributed by atoms with E-state index < -0.39 is 18.5 Å². The summed E-state index contributed by atoms with van der Waals surface area (Å²) in [6.07, 6.45) is -0.0567. The largest absolute Gasteiger partial charge is 0.481 e. The van der Waals surface area contributed by atoms with Crippen molar-refractivity contribution in [3.8, 4) is 46.2 Å². The van der Waals surface area contributed by atoms with Gasteiger partial charge in [0.25, 0.3) is 0 Å². The van der Waals surface area contributed by atoms with Gasteiger partial charge in [0, 0.05) is 67.0 Å². The zero-order valence-corrected chi connectivity index (χ0v) is 34.4. The van der Waals surface area contributed by atoms with Gasteiger partial charge in [-0.25, -0.2) is 0 Å². The number of hydrogen-bond donors (Lipinski definition) is 4. The van der Waals surface area contributed by atoms with Gasteiger partial charge in [0.2, 0.25) is 17.7 Å². The quantitative estimate of drug-likeness (QED) is 0.0765. The van der Waals surface area contributed by atoms with Crippen molar-refractivity contribution in [1.82, 2.24) is 20.5 Å². The molecule has 60 heavy (non-hydrogen) atoms. The topological polar surface area (TPSA) is 181 Å². The Morgan fingerprint density at radius 1 is 0.867 bits per heavy atom. The molecule has 306 valence electrons. The number of benzene rings is 4. The highest BCUT2D eigenvalue weighted by Crippen LogP contribution is 2.41. The molecule has 0 bridgehead atoms. The first kappa shape index (κ1) is 42.4. The Balaban J connectivity index is 1.06. The van der Waals surface area contributed by atoms with E-state index in [0.29, 0.717) is 49.8 Å². The van der Waals surface area contributed by atoms with E-state index in [0.717, 1.165) is 42.7 Å². The van der Waals surface area contributed by atoms with Gasteiger partial charge in [-0.1, -0.05) is 95.5 Å². The number of aliphatic hydroxyl groups excluding tert-OH is 1. The van der Waals surface area contributed by atoms with Crippen molar-refractivity contribution in [3.05, 3.63) is 133 Å². The maximum Gasteiger partial charge on any atom is 0.306 e. The van der Waals surface area contributed by atoms with Crippen LogP contribution in [-0.2, 0) is 35.9 Å². The number of aromatic nitrogens is 1. The van der Waals surface area contributed by atoms with Gasteiger partial charge in [-0.15, -0.1) is 0 Å². The Kier molecular flexibility index (Phi) is 13.2. The number of aliphatic carboxylic acids is 1. The second-order valence-corrected chi connectivity index (χ2v) is 16.1. The van der Waals surface area contributed by atoms with Crippen LogP contribution in [0.5, 0.6) is 11.8 Å². The monoisotopic (exact) mass is 864 g/mol. The summed E-state index contributed by atoms with van der Waals surface area (Å²) in [6.45, 7) is 2.55. The summed E-state index contributed by atoms with van der Waals surface area (Å²) in [5.74, 6) is -0.815. The summed E-state index contributed by atoms with van der Waals surface area (Å²) < 4.78 is 12.2. The fourth-order valence-corrected chi connectivity index (χ4v) is 8.39. The smallest absolute Gasteiger partial charge is 0.306 e. The van der Waals surface area contributed by atoms with Crippen LogP contribution in [0.3, 0.4) is 0 Å². The molecule has 4 N–H and O–H groups in total. The average molecular weight is 866 g/mol. The fraction of sp³-hybridized carbons (Fsp3) is 0.267. The Hall–Kier alpha value is -5.70. The predicted molar refractivity (Wildman–Crippen MR) is 226 cm³/mol. The van der Waals surface area contributed by atoms with Crippen LogP contribution in [0.15, 0.2) is 84.9 Å². The standard InChI is InChI=1S/C45H39Cl3N6O6/c46-38-16-33(20-51-21-34(55)17-40(57)58)43(59-23-30-14-28(18-49)13-29(15-30)19-50)52-44(38)60-24-32-3-1-5-36(41(32)47)37-6-2-4-35(42(37)48)31-9-7-27(8-10-31)22-54-25-45(26-54)12-11-39(56)53-45/h1-10,13-16,34,51,55H,11-12,17,20-26H2,(H,53,56)(H,57,58)/t34-/m0/s1. The van der Waals surface area contributed by atoms with Gasteiger partial charge in [-0.3, -0.25) is 14.5 Å². The van der Waals surface area contributed by atoms with Crippen LogP contribution in [-0.4, -0.2) is 63.3 Å². The van der Waals surface area contributed by atoms with Gasteiger partial charge in [-0.05, 0) is 47.4 Å². The second kappa shape index (κ2) is 18.7. The lowest BCUT2D eigenvalue weighted by Crippen LogP contribution is -2.66. The van der Waals surface area contributed by atoms with E-state index in [1.807, 2.05) is 48.5 Å². The lowest BCUT2D eigenvalue weighted by molar-refractivity contribution is -0.139. The van der Waals surface area contributed by atoms with Crippen molar-refractivity contribution < 1.29 is 29.3 Å². The highest BCUT2D eigenvalue weighted by Gasteiger charge is 2.47. The predicted octanol–water partition coefficient (Wildman–Crippen LogP) is 7.67. The summed E-state index contributed by atoms with van der Waals surface area (Å²) in [5, 5.41) is 45.2.